The number of nitrogens with zero attached hydrogens (tertiary/aromatic N) is 2. The van der Waals surface area contributed by atoms with Crippen molar-refractivity contribution >= 4 is 23.1 Å². The second-order valence-corrected chi connectivity index (χ2v) is 7.07. The van der Waals surface area contributed by atoms with Crippen molar-refractivity contribution in [2.24, 2.45) is 0 Å². The maximum Gasteiger partial charge on any atom is 0.139 e. The Morgan fingerprint density at radius 2 is 1.91 bits per heavy atom. The van der Waals surface area contributed by atoms with Crippen molar-refractivity contribution in [1.82, 2.24) is 9.38 Å². The van der Waals surface area contributed by atoms with Crippen LogP contribution in [0.5, 0.6) is 0 Å². The molecule has 2 aromatic heterocycles. The summed E-state index contributed by atoms with van der Waals surface area (Å²) in [6.07, 6.45) is 2.10. The maximum absolute atomic E-state index is 6.15. The maximum atomic E-state index is 6.15. The lowest BCUT2D eigenvalue weighted by Gasteiger charge is -2.22. The van der Waals surface area contributed by atoms with Crippen LogP contribution in [0.15, 0.2) is 42.6 Å². The number of aryl methyl sites for hydroxylation is 1. The van der Waals surface area contributed by atoms with Gasteiger partial charge in [-0.1, -0.05) is 29.8 Å². The number of nitrogens with one attached hydrogen (secondary N) is 1. The molecule has 0 aliphatic heterocycles. The standard InChI is InChI=1S/C18H20ClN3/c1-12-8-9-15-20-16(13-6-5-7-14(19)10-13)17(22(15)11-12)21-18(2,3)4/h5-11,21H,1-4H3. The lowest BCUT2D eigenvalue weighted by atomic mass is 10.1. The molecule has 0 atom stereocenters. The molecular formula is C18H20ClN3. The molecule has 0 saturated heterocycles. The fourth-order valence-corrected chi connectivity index (χ4v) is 2.65. The van der Waals surface area contributed by atoms with Crippen LogP contribution in [0, 0.1) is 6.92 Å². The van der Waals surface area contributed by atoms with Gasteiger partial charge < -0.3 is 5.32 Å². The van der Waals surface area contributed by atoms with Gasteiger partial charge in [0.05, 0.1) is 0 Å². The Balaban J connectivity index is 2.26. The predicted molar refractivity (Wildman–Crippen MR) is 93.8 cm³/mol. The van der Waals surface area contributed by atoms with E-state index in [1.54, 1.807) is 0 Å². The van der Waals surface area contributed by atoms with E-state index in [4.69, 9.17) is 16.6 Å². The summed E-state index contributed by atoms with van der Waals surface area (Å²) in [7, 11) is 0. The van der Waals surface area contributed by atoms with Crippen molar-refractivity contribution in [3.05, 3.63) is 53.2 Å². The van der Waals surface area contributed by atoms with Crippen molar-refractivity contribution in [2.75, 3.05) is 5.32 Å². The summed E-state index contributed by atoms with van der Waals surface area (Å²) in [6, 6.07) is 11.9. The molecule has 2 heterocycles. The Morgan fingerprint density at radius 3 is 2.59 bits per heavy atom. The van der Waals surface area contributed by atoms with Crippen LogP contribution in [-0.4, -0.2) is 14.9 Å². The minimum Gasteiger partial charge on any atom is -0.365 e. The van der Waals surface area contributed by atoms with E-state index in [0.717, 1.165) is 22.7 Å². The third kappa shape index (κ3) is 2.95. The van der Waals surface area contributed by atoms with Gasteiger partial charge in [0.2, 0.25) is 0 Å². The summed E-state index contributed by atoms with van der Waals surface area (Å²) in [5.74, 6) is 0.994. The van der Waals surface area contributed by atoms with Crippen molar-refractivity contribution in [3.63, 3.8) is 0 Å². The van der Waals surface area contributed by atoms with Crippen molar-refractivity contribution in [1.29, 1.82) is 0 Å². The van der Waals surface area contributed by atoms with Crippen LogP contribution in [0.1, 0.15) is 26.3 Å². The Bertz CT molecular complexity index is 828. The van der Waals surface area contributed by atoms with Gasteiger partial charge in [-0.05, 0) is 51.5 Å². The molecule has 0 unspecified atom stereocenters. The lowest BCUT2D eigenvalue weighted by molar-refractivity contribution is 0.629. The van der Waals surface area contributed by atoms with Gasteiger partial charge in [0.1, 0.15) is 17.2 Å². The smallest absolute Gasteiger partial charge is 0.139 e. The molecule has 0 saturated carbocycles. The number of hydrogen-bond donors (Lipinski definition) is 1. The number of fused-ring (bicyclic) bond motifs is 1. The summed E-state index contributed by atoms with van der Waals surface area (Å²) < 4.78 is 2.11. The Kier molecular flexibility index (Phi) is 3.61. The molecule has 1 N–H and O–H groups in total. The summed E-state index contributed by atoms with van der Waals surface area (Å²) in [5, 5.41) is 4.29. The van der Waals surface area contributed by atoms with E-state index in [9.17, 15) is 0 Å². The van der Waals surface area contributed by atoms with Gasteiger partial charge in [0.25, 0.3) is 0 Å². The van der Waals surface area contributed by atoms with Crippen LogP contribution in [-0.2, 0) is 0 Å². The van der Waals surface area contributed by atoms with Gasteiger partial charge in [-0.25, -0.2) is 4.98 Å². The van der Waals surface area contributed by atoms with Gasteiger partial charge in [0, 0.05) is 22.3 Å². The minimum absolute atomic E-state index is 0.0625. The predicted octanol–water partition coefficient (Wildman–Crippen LogP) is 5.17. The highest BCUT2D eigenvalue weighted by Gasteiger charge is 2.19. The third-order valence-electron chi connectivity index (χ3n) is 3.36. The molecule has 22 heavy (non-hydrogen) atoms. The third-order valence-corrected chi connectivity index (χ3v) is 3.59. The van der Waals surface area contributed by atoms with Gasteiger partial charge in [-0.3, -0.25) is 4.40 Å². The fraction of sp³-hybridized carbons (Fsp3) is 0.278. The van der Waals surface area contributed by atoms with Crippen molar-refractivity contribution < 1.29 is 0 Å². The largest absolute Gasteiger partial charge is 0.365 e. The SMILES string of the molecule is Cc1ccc2nc(-c3cccc(Cl)c3)c(NC(C)(C)C)n2c1. The number of hydrogen-bond acceptors (Lipinski definition) is 2. The van der Waals surface area contributed by atoms with Crippen LogP contribution in [0.2, 0.25) is 5.02 Å². The Morgan fingerprint density at radius 1 is 1.14 bits per heavy atom. The van der Waals surface area contributed by atoms with E-state index in [0.29, 0.717) is 5.02 Å². The van der Waals surface area contributed by atoms with E-state index in [1.807, 2.05) is 30.3 Å². The van der Waals surface area contributed by atoms with E-state index in [1.165, 1.54) is 5.56 Å². The average Bonchev–Trinajstić information content (AvgIpc) is 2.75. The zero-order valence-electron chi connectivity index (χ0n) is 13.3. The molecule has 114 valence electrons. The van der Waals surface area contributed by atoms with Crippen LogP contribution < -0.4 is 5.32 Å². The molecule has 4 heteroatoms. The number of imidazole rings is 1. The molecule has 0 aliphatic rings. The lowest BCUT2D eigenvalue weighted by Crippen LogP contribution is -2.27. The van der Waals surface area contributed by atoms with Crippen LogP contribution >= 0.6 is 11.6 Å². The summed E-state index contributed by atoms with van der Waals surface area (Å²) in [6.45, 7) is 8.51. The molecule has 3 nitrogen and oxygen atoms in total. The first-order valence-electron chi connectivity index (χ1n) is 7.36. The topological polar surface area (TPSA) is 29.3 Å². The van der Waals surface area contributed by atoms with E-state index in [-0.39, 0.29) is 5.54 Å². The van der Waals surface area contributed by atoms with Gasteiger partial charge >= 0.3 is 0 Å². The molecule has 3 aromatic rings. The number of rotatable bonds is 2. The highest BCUT2D eigenvalue weighted by atomic mass is 35.5. The summed E-state index contributed by atoms with van der Waals surface area (Å²) in [5.41, 5.74) is 3.99. The summed E-state index contributed by atoms with van der Waals surface area (Å²) in [4.78, 5) is 4.79. The summed E-state index contributed by atoms with van der Waals surface area (Å²) >= 11 is 6.15. The monoisotopic (exact) mass is 313 g/mol. The van der Waals surface area contributed by atoms with Gasteiger partial charge in [-0.2, -0.15) is 0 Å². The molecule has 0 bridgehead atoms. The zero-order chi connectivity index (χ0) is 15.9. The molecule has 0 aliphatic carbocycles. The first-order valence-corrected chi connectivity index (χ1v) is 7.74. The number of aromatic nitrogens is 2. The molecule has 0 spiro atoms. The van der Waals surface area contributed by atoms with Gasteiger partial charge in [-0.15, -0.1) is 0 Å². The molecule has 1 aromatic carbocycles. The van der Waals surface area contributed by atoms with Crippen LogP contribution in [0.3, 0.4) is 0 Å². The molecule has 0 fully saturated rings. The molecule has 0 amide bonds. The van der Waals surface area contributed by atoms with Crippen LogP contribution in [0.25, 0.3) is 16.9 Å². The molecular weight excluding hydrogens is 294 g/mol. The second-order valence-electron chi connectivity index (χ2n) is 6.63. The van der Waals surface area contributed by atoms with Gasteiger partial charge in [0.15, 0.2) is 0 Å². The van der Waals surface area contributed by atoms with E-state index >= 15 is 0 Å². The molecule has 3 rings (SSSR count). The normalized spacial score (nSPS) is 11.9. The second kappa shape index (κ2) is 5.33. The number of anilines is 1. The number of halogens is 1. The van der Waals surface area contributed by atoms with Crippen molar-refractivity contribution in [2.45, 2.75) is 33.2 Å². The first kappa shape index (κ1) is 14.9. The Labute approximate surface area is 136 Å². The molecule has 0 radical (unpaired) electrons. The highest BCUT2D eigenvalue weighted by molar-refractivity contribution is 6.30. The van der Waals surface area contributed by atoms with Crippen molar-refractivity contribution in [3.8, 4) is 11.3 Å². The highest BCUT2D eigenvalue weighted by Crippen LogP contribution is 2.32. The quantitative estimate of drug-likeness (QED) is 0.707. The Hall–Kier alpha value is -2.00. The minimum atomic E-state index is -0.0625. The van der Waals surface area contributed by atoms with Crippen LogP contribution in [0.4, 0.5) is 5.82 Å². The number of benzene rings is 1. The first-order chi connectivity index (χ1) is 10.3. The fourth-order valence-electron chi connectivity index (χ4n) is 2.46. The average molecular weight is 314 g/mol. The number of pyridine rings is 1. The van der Waals surface area contributed by atoms with E-state index < -0.39 is 0 Å². The zero-order valence-corrected chi connectivity index (χ0v) is 14.1. The van der Waals surface area contributed by atoms with E-state index in [2.05, 4.69) is 49.7 Å².